The summed E-state index contributed by atoms with van der Waals surface area (Å²) < 4.78 is 38.9. The van der Waals surface area contributed by atoms with E-state index in [-0.39, 0.29) is 17.7 Å². The van der Waals surface area contributed by atoms with Crippen LogP contribution >= 0.6 is 11.6 Å². The molecule has 4 N–H and O–H groups in total. The fourth-order valence-electron chi connectivity index (χ4n) is 2.71. The number of nitrogen functional groups attached to an aromatic ring is 1. The quantitative estimate of drug-likeness (QED) is 0.744. The first kappa shape index (κ1) is 16.4. The normalized spacial score (nSPS) is 18.1. The van der Waals surface area contributed by atoms with Crippen molar-refractivity contribution in [2.45, 2.75) is 43.9 Å². The molecule has 0 heterocycles. The van der Waals surface area contributed by atoms with E-state index in [1.165, 1.54) is 6.07 Å². The average Bonchev–Trinajstić information content (AvgIpc) is 2.90. The zero-order chi connectivity index (χ0) is 15.6. The molecule has 1 aliphatic rings. The number of rotatable bonds is 4. The van der Waals surface area contributed by atoms with Gasteiger partial charge in [0.15, 0.2) is 0 Å². The van der Waals surface area contributed by atoms with E-state index in [1.54, 1.807) is 0 Å². The lowest BCUT2D eigenvalue weighted by Crippen LogP contribution is -2.33. The van der Waals surface area contributed by atoms with Crippen molar-refractivity contribution in [1.82, 2.24) is 5.32 Å². The number of aliphatic hydroxyl groups is 1. The van der Waals surface area contributed by atoms with Crippen molar-refractivity contribution in [3.05, 3.63) is 28.3 Å². The second-order valence-corrected chi connectivity index (χ2v) is 5.75. The molecule has 0 amide bonds. The third-order valence-corrected chi connectivity index (χ3v) is 4.15. The molecule has 1 unspecified atom stereocenters. The summed E-state index contributed by atoms with van der Waals surface area (Å²) in [5.41, 5.74) is 4.27. The molecule has 1 aromatic rings. The highest BCUT2D eigenvalue weighted by atomic mass is 35.5. The molecular weight excluding hydrogens is 305 g/mol. The Morgan fingerprint density at radius 1 is 1.33 bits per heavy atom. The van der Waals surface area contributed by atoms with Gasteiger partial charge in [0, 0.05) is 6.04 Å². The van der Waals surface area contributed by atoms with E-state index >= 15 is 0 Å². The lowest BCUT2D eigenvalue weighted by molar-refractivity contribution is -0.137. The van der Waals surface area contributed by atoms with Gasteiger partial charge in [-0.2, -0.15) is 13.2 Å². The molecule has 0 aliphatic heterocycles. The van der Waals surface area contributed by atoms with Gasteiger partial charge in [-0.25, -0.2) is 0 Å². The van der Waals surface area contributed by atoms with Crippen molar-refractivity contribution < 1.29 is 18.3 Å². The fraction of sp³-hybridized carbons (Fsp3) is 0.571. The van der Waals surface area contributed by atoms with Gasteiger partial charge in [0.25, 0.3) is 0 Å². The maximum atomic E-state index is 13.0. The summed E-state index contributed by atoms with van der Waals surface area (Å²) in [5.74, 6) is 0. The molecule has 0 radical (unpaired) electrons. The number of nitrogens with one attached hydrogen (secondary N) is 1. The number of aliphatic hydroxyl groups excluding tert-OH is 1. The predicted molar refractivity (Wildman–Crippen MR) is 76.1 cm³/mol. The molecule has 1 aliphatic carbocycles. The molecule has 2 rings (SSSR count). The Morgan fingerprint density at radius 2 is 1.95 bits per heavy atom. The summed E-state index contributed by atoms with van der Waals surface area (Å²) in [4.78, 5) is 0. The summed E-state index contributed by atoms with van der Waals surface area (Å²) in [6, 6.07) is 1.99. The van der Waals surface area contributed by atoms with E-state index in [0.717, 1.165) is 31.7 Å². The van der Waals surface area contributed by atoms with Gasteiger partial charge >= 0.3 is 6.18 Å². The molecule has 3 nitrogen and oxygen atoms in total. The first-order valence-electron chi connectivity index (χ1n) is 6.86. The third kappa shape index (κ3) is 3.81. The molecule has 0 aromatic heterocycles. The highest BCUT2D eigenvalue weighted by Gasteiger charge is 2.35. The third-order valence-electron chi connectivity index (χ3n) is 3.83. The molecule has 0 bridgehead atoms. The number of benzene rings is 1. The maximum Gasteiger partial charge on any atom is 0.418 e. The molecule has 7 heteroatoms. The predicted octanol–water partition coefficient (Wildman–Crippen LogP) is 3.51. The van der Waals surface area contributed by atoms with Crippen LogP contribution in [0.5, 0.6) is 0 Å². The van der Waals surface area contributed by atoms with Gasteiger partial charge in [-0.1, -0.05) is 24.4 Å². The smallest absolute Gasteiger partial charge is 0.397 e. The van der Waals surface area contributed by atoms with Crippen molar-refractivity contribution >= 4 is 17.3 Å². The van der Waals surface area contributed by atoms with Crippen LogP contribution in [0.3, 0.4) is 0 Å². The van der Waals surface area contributed by atoms with Gasteiger partial charge in [-0.15, -0.1) is 0 Å². The Morgan fingerprint density at radius 3 is 2.48 bits per heavy atom. The van der Waals surface area contributed by atoms with Gasteiger partial charge in [-0.05, 0) is 30.5 Å². The molecule has 118 valence electrons. The molecule has 1 aromatic carbocycles. The monoisotopic (exact) mass is 322 g/mol. The summed E-state index contributed by atoms with van der Waals surface area (Å²) >= 11 is 5.81. The van der Waals surface area contributed by atoms with E-state index in [4.69, 9.17) is 17.3 Å². The Balaban J connectivity index is 2.30. The highest BCUT2D eigenvalue weighted by molar-refractivity contribution is 6.33. The van der Waals surface area contributed by atoms with Gasteiger partial charge in [0.05, 0.1) is 28.9 Å². The zero-order valence-corrected chi connectivity index (χ0v) is 12.1. The number of nitrogens with two attached hydrogens (primary N) is 1. The molecule has 0 saturated heterocycles. The molecule has 1 saturated carbocycles. The number of hydrogen-bond acceptors (Lipinski definition) is 3. The Kier molecular flexibility index (Phi) is 5.01. The second-order valence-electron chi connectivity index (χ2n) is 5.34. The minimum atomic E-state index is -4.57. The molecular formula is C14H18ClF3N2O. The Hall–Kier alpha value is -0.980. The fourth-order valence-corrected chi connectivity index (χ4v) is 2.93. The van der Waals surface area contributed by atoms with Crippen LogP contribution in [0.15, 0.2) is 12.1 Å². The van der Waals surface area contributed by atoms with Crippen molar-refractivity contribution in [3.63, 3.8) is 0 Å². The van der Waals surface area contributed by atoms with Crippen molar-refractivity contribution in [3.8, 4) is 0 Å². The van der Waals surface area contributed by atoms with Gasteiger partial charge in [-0.3, -0.25) is 0 Å². The van der Waals surface area contributed by atoms with Crippen LogP contribution in [0.4, 0.5) is 18.9 Å². The summed E-state index contributed by atoms with van der Waals surface area (Å²) in [5, 5.41) is 12.5. The van der Waals surface area contributed by atoms with E-state index < -0.39 is 23.5 Å². The summed E-state index contributed by atoms with van der Waals surface area (Å²) in [6.45, 7) is -0.298. The SMILES string of the molecule is Nc1c(Cl)cc(C(CO)NC2CCCC2)cc1C(F)(F)F. The van der Waals surface area contributed by atoms with Crippen LogP contribution in [0.1, 0.15) is 42.9 Å². The first-order chi connectivity index (χ1) is 9.82. The molecule has 21 heavy (non-hydrogen) atoms. The Bertz CT molecular complexity index is 502. The van der Waals surface area contributed by atoms with Gasteiger partial charge < -0.3 is 16.2 Å². The van der Waals surface area contributed by atoms with Crippen LogP contribution in [0, 0.1) is 0 Å². The lowest BCUT2D eigenvalue weighted by atomic mass is 10.0. The Labute approximate surface area is 126 Å². The van der Waals surface area contributed by atoms with Crippen LogP contribution < -0.4 is 11.1 Å². The van der Waals surface area contributed by atoms with Crippen LogP contribution in [-0.4, -0.2) is 17.8 Å². The van der Waals surface area contributed by atoms with Gasteiger partial charge in [0.1, 0.15) is 0 Å². The number of alkyl halides is 3. The maximum absolute atomic E-state index is 13.0. The standard InChI is InChI=1S/C14H18ClF3N2O/c15-11-6-8(5-10(13(11)19)14(16,17)18)12(7-21)20-9-3-1-2-4-9/h5-6,9,12,20-21H,1-4,7,19H2. The number of halogens is 4. The minimum absolute atomic E-state index is 0.147. The summed E-state index contributed by atoms with van der Waals surface area (Å²) in [6.07, 6.45) is -0.466. The van der Waals surface area contributed by atoms with Crippen LogP contribution in [-0.2, 0) is 6.18 Å². The second kappa shape index (κ2) is 6.42. The number of anilines is 1. The van der Waals surface area contributed by atoms with E-state index in [9.17, 15) is 18.3 Å². The molecule has 0 spiro atoms. The largest absolute Gasteiger partial charge is 0.418 e. The minimum Gasteiger partial charge on any atom is -0.397 e. The highest BCUT2D eigenvalue weighted by Crippen LogP contribution is 2.39. The van der Waals surface area contributed by atoms with Crippen LogP contribution in [0.2, 0.25) is 5.02 Å². The van der Waals surface area contributed by atoms with E-state index in [2.05, 4.69) is 5.32 Å². The summed E-state index contributed by atoms with van der Waals surface area (Å²) in [7, 11) is 0. The van der Waals surface area contributed by atoms with Crippen molar-refractivity contribution in [1.29, 1.82) is 0 Å². The van der Waals surface area contributed by atoms with Crippen molar-refractivity contribution in [2.24, 2.45) is 0 Å². The topological polar surface area (TPSA) is 58.3 Å². The molecule has 1 atom stereocenters. The van der Waals surface area contributed by atoms with Gasteiger partial charge in [0.2, 0.25) is 0 Å². The van der Waals surface area contributed by atoms with E-state index in [1.807, 2.05) is 0 Å². The van der Waals surface area contributed by atoms with E-state index in [0.29, 0.717) is 5.56 Å². The van der Waals surface area contributed by atoms with Crippen LogP contribution in [0.25, 0.3) is 0 Å². The van der Waals surface area contributed by atoms with Crippen molar-refractivity contribution in [2.75, 3.05) is 12.3 Å². The zero-order valence-electron chi connectivity index (χ0n) is 11.4. The molecule has 1 fully saturated rings. The average molecular weight is 323 g/mol. The number of hydrogen-bond donors (Lipinski definition) is 3. The lowest BCUT2D eigenvalue weighted by Gasteiger charge is -2.23. The first-order valence-corrected chi connectivity index (χ1v) is 7.23.